The number of amides is 2. The van der Waals surface area contributed by atoms with E-state index in [0.29, 0.717) is 11.3 Å². The molecule has 3 aromatic rings. The first kappa shape index (κ1) is 23.5. The predicted molar refractivity (Wildman–Crippen MR) is 127 cm³/mol. The van der Waals surface area contributed by atoms with Gasteiger partial charge in [-0.3, -0.25) is 24.6 Å². The maximum Gasteiger partial charge on any atom is 0.293 e. The largest absolute Gasteiger partial charge is 0.488 e. The van der Waals surface area contributed by atoms with Crippen molar-refractivity contribution in [3.05, 3.63) is 109 Å². The van der Waals surface area contributed by atoms with Crippen molar-refractivity contribution in [1.82, 2.24) is 4.90 Å². The van der Waals surface area contributed by atoms with Gasteiger partial charge in [0.15, 0.2) is 0 Å². The average molecular weight is 499 g/mol. The lowest BCUT2D eigenvalue weighted by Gasteiger charge is -2.14. The normalized spacial score (nSPS) is 14.6. The molecule has 0 unspecified atom stereocenters. The Balaban J connectivity index is 1.51. The number of benzene rings is 3. The molecule has 0 atom stereocenters. The van der Waals surface area contributed by atoms with Crippen LogP contribution in [0.1, 0.15) is 16.7 Å². The summed E-state index contributed by atoms with van der Waals surface area (Å²) in [6, 6.07) is 17.1. The van der Waals surface area contributed by atoms with Crippen molar-refractivity contribution in [3.63, 3.8) is 0 Å². The van der Waals surface area contributed by atoms with E-state index in [1.807, 2.05) is 0 Å². The molecule has 0 aliphatic carbocycles. The van der Waals surface area contributed by atoms with Crippen LogP contribution in [0.5, 0.6) is 5.75 Å². The van der Waals surface area contributed by atoms with E-state index in [0.717, 1.165) is 22.2 Å². The minimum atomic E-state index is -0.597. The van der Waals surface area contributed by atoms with Gasteiger partial charge in [0.1, 0.15) is 18.2 Å². The van der Waals surface area contributed by atoms with Crippen molar-refractivity contribution in [3.8, 4) is 5.75 Å². The number of carbonyl (C=O) groups excluding carboxylic acids is 2. The molecule has 1 aliphatic heterocycles. The van der Waals surface area contributed by atoms with Crippen LogP contribution >= 0.6 is 23.4 Å². The molecule has 172 valence electrons. The summed E-state index contributed by atoms with van der Waals surface area (Å²) in [4.78, 5) is 36.8. The molecule has 1 aliphatic rings. The third-order valence-electron chi connectivity index (χ3n) is 5.00. The minimum Gasteiger partial charge on any atom is -0.488 e. The second-order valence-corrected chi connectivity index (χ2v) is 8.62. The highest BCUT2D eigenvalue weighted by Gasteiger charge is 2.36. The Kier molecular flexibility index (Phi) is 6.95. The lowest BCUT2D eigenvalue weighted by molar-refractivity contribution is -0.384. The molecule has 4 rings (SSSR count). The van der Waals surface area contributed by atoms with Crippen LogP contribution in [0.15, 0.2) is 71.6 Å². The lowest BCUT2D eigenvalue weighted by atomic mass is 10.1. The second-order valence-electron chi connectivity index (χ2n) is 7.22. The number of hydrogen-bond acceptors (Lipinski definition) is 6. The Morgan fingerprint density at radius 2 is 1.79 bits per heavy atom. The molecule has 34 heavy (non-hydrogen) atoms. The number of nitrogens with zero attached hydrogens (tertiary/aromatic N) is 2. The Morgan fingerprint density at radius 3 is 2.50 bits per heavy atom. The predicted octanol–water partition coefficient (Wildman–Crippen LogP) is 6.20. The Morgan fingerprint density at radius 1 is 1.06 bits per heavy atom. The van der Waals surface area contributed by atoms with Gasteiger partial charge in [-0.1, -0.05) is 35.9 Å². The molecule has 10 heteroatoms. The SMILES string of the molecule is O=C1S/C(=C/c2ccccc2OCc2ccc([N+](=O)[O-])cc2)C(=O)N1Cc1c(F)cccc1Cl. The third-order valence-corrected chi connectivity index (χ3v) is 6.26. The topological polar surface area (TPSA) is 89.7 Å². The van der Waals surface area contributed by atoms with Crippen LogP contribution < -0.4 is 4.74 Å². The van der Waals surface area contributed by atoms with Crippen molar-refractivity contribution in [2.45, 2.75) is 13.2 Å². The van der Waals surface area contributed by atoms with Gasteiger partial charge in [-0.05, 0) is 53.7 Å². The summed E-state index contributed by atoms with van der Waals surface area (Å²) in [6.45, 7) is -0.123. The Labute approximate surface area is 202 Å². The molecule has 7 nitrogen and oxygen atoms in total. The summed E-state index contributed by atoms with van der Waals surface area (Å²) in [5, 5.41) is 10.4. The fourth-order valence-corrected chi connectivity index (χ4v) is 4.28. The molecule has 3 aromatic carbocycles. The fourth-order valence-electron chi connectivity index (χ4n) is 3.23. The third kappa shape index (κ3) is 5.11. The highest BCUT2D eigenvalue weighted by atomic mass is 35.5. The summed E-state index contributed by atoms with van der Waals surface area (Å²) in [7, 11) is 0. The zero-order valence-electron chi connectivity index (χ0n) is 17.4. The van der Waals surface area contributed by atoms with Crippen LogP contribution in [0.4, 0.5) is 14.9 Å². The number of imide groups is 1. The van der Waals surface area contributed by atoms with Crippen LogP contribution in [-0.2, 0) is 17.9 Å². The van der Waals surface area contributed by atoms with Gasteiger partial charge in [0.25, 0.3) is 16.8 Å². The molecule has 1 heterocycles. The van der Waals surface area contributed by atoms with E-state index >= 15 is 0 Å². The number of non-ortho nitro benzene ring substituents is 1. The number of ether oxygens (including phenoxy) is 1. The lowest BCUT2D eigenvalue weighted by Crippen LogP contribution is -2.28. The molecular weight excluding hydrogens is 483 g/mol. The quantitative estimate of drug-likeness (QED) is 0.219. The van der Waals surface area contributed by atoms with Crippen molar-refractivity contribution >= 4 is 46.3 Å². The molecule has 2 amide bonds. The van der Waals surface area contributed by atoms with Crippen molar-refractivity contribution < 1.29 is 23.6 Å². The molecule has 0 bridgehead atoms. The van der Waals surface area contributed by atoms with Gasteiger partial charge in [-0.15, -0.1) is 0 Å². The van der Waals surface area contributed by atoms with Crippen LogP contribution in [0.2, 0.25) is 5.02 Å². The molecule has 0 N–H and O–H groups in total. The van der Waals surface area contributed by atoms with Crippen LogP contribution in [0.25, 0.3) is 6.08 Å². The monoisotopic (exact) mass is 498 g/mol. The van der Waals surface area contributed by atoms with Gasteiger partial charge in [0.2, 0.25) is 0 Å². The number of thioether (sulfide) groups is 1. The van der Waals surface area contributed by atoms with E-state index < -0.39 is 21.9 Å². The highest BCUT2D eigenvalue weighted by molar-refractivity contribution is 8.18. The number of nitro groups is 1. The standard InChI is InChI=1S/C24H16ClFN2O5S/c25-19-5-3-6-20(26)18(19)13-27-23(29)22(34-24(27)30)12-16-4-1-2-7-21(16)33-14-15-8-10-17(11-9-15)28(31)32/h1-12H,13-14H2/b22-12+. The highest BCUT2D eigenvalue weighted by Crippen LogP contribution is 2.36. The van der Waals surface area contributed by atoms with Gasteiger partial charge in [-0.25, -0.2) is 4.39 Å². The number of nitro benzene ring substituents is 1. The number of carbonyl (C=O) groups is 2. The van der Waals surface area contributed by atoms with Crippen LogP contribution in [-0.4, -0.2) is 21.0 Å². The fraction of sp³-hybridized carbons (Fsp3) is 0.0833. The van der Waals surface area contributed by atoms with E-state index in [2.05, 4.69) is 0 Å². The van der Waals surface area contributed by atoms with Gasteiger partial charge in [-0.2, -0.15) is 0 Å². The second kappa shape index (κ2) is 10.1. The van der Waals surface area contributed by atoms with Crippen molar-refractivity contribution in [2.75, 3.05) is 0 Å². The molecule has 0 aromatic heterocycles. The van der Waals surface area contributed by atoms with E-state index in [9.17, 15) is 24.1 Å². The van der Waals surface area contributed by atoms with E-state index in [1.165, 1.54) is 30.3 Å². The van der Waals surface area contributed by atoms with Gasteiger partial charge >= 0.3 is 0 Å². The zero-order chi connectivity index (χ0) is 24.2. The van der Waals surface area contributed by atoms with Gasteiger partial charge in [0, 0.05) is 28.3 Å². The number of halogens is 2. The van der Waals surface area contributed by atoms with Gasteiger partial charge < -0.3 is 4.74 Å². The van der Waals surface area contributed by atoms with E-state index in [-0.39, 0.29) is 34.3 Å². The average Bonchev–Trinajstić information content (AvgIpc) is 3.08. The van der Waals surface area contributed by atoms with Crippen LogP contribution in [0.3, 0.4) is 0 Å². The summed E-state index contributed by atoms with van der Waals surface area (Å²) in [5.74, 6) is -0.690. The van der Waals surface area contributed by atoms with Crippen molar-refractivity contribution in [1.29, 1.82) is 0 Å². The molecule has 0 saturated carbocycles. The molecule has 1 fully saturated rings. The Hall–Kier alpha value is -3.69. The molecule has 0 radical (unpaired) electrons. The number of para-hydroxylation sites is 1. The zero-order valence-corrected chi connectivity index (χ0v) is 19.0. The molecular formula is C24H16ClFN2O5S. The number of hydrogen-bond donors (Lipinski definition) is 0. The van der Waals surface area contributed by atoms with E-state index in [1.54, 1.807) is 42.5 Å². The summed E-state index contributed by atoms with van der Waals surface area (Å²) >= 11 is 6.79. The van der Waals surface area contributed by atoms with Gasteiger partial charge in [0.05, 0.1) is 16.4 Å². The summed E-state index contributed by atoms with van der Waals surface area (Å²) in [5.41, 5.74) is 1.34. The maximum absolute atomic E-state index is 14.1. The van der Waals surface area contributed by atoms with E-state index in [4.69, 9.17) is 16.3 Å². The summed E-state index contributed by atoms with van der Waals surface area (Å²) in [6.07, 6.45) is 1.54. The first-order valence-corrected chi connectivity index (χ1v) is 11.2. The number of rotatable bonds is 7. The smallest absolute Gasteiger partial charge is 0.293 e. The first-order valence-electron chi connectivity index (χ1n) is 9.97. The summed E-state index contributed by atoms with van der Waals surface area (Å²) < 4.78 is 20.0. The molecule has 1 saturated heterocycles. The molecule has 0 spiro atoms. The Bertz CT molecular complexity index is 1290. The first-order chi connectivity index (χ1) is 16.3. The van der Waals surface area contributed by atoms with Crippen molar-refractivity contribution in [2.24, 2.45) is 0 Å². The minimum absolute atomic E-state index is 0.0171. The maximum atomic E-state index is 14.1. The van der Waals surface area contributed by atoms with Crippen LogP contribution in [0, 0.1) is 15.9 Å².